The van der Waals surface area contributed by atoms with Gasteiger partial charge in [0.05, 0.1) is 0 Å². The van der Waals surface area contributed by atoms with Crippen LogP contribution in [0.5, 0.6) is 0 Å². The molecule has 0 radical (unpaired) electrons. The van der Waals surface area contributed by atoms with E-state index < -0.39 is 5.60 Å². The van der Waals surface area contributed by atoms with E-state index in [1.165, 1.54) is 19.3 Å². The Morgan fingerprint density at radius 1 is 1.38 bits per heavy atom. The summed E-state index contributed by atoms with van der Waals surface area (Å²) >= 11 is 0. The fourth-order valence-corrected chi connectivity index (χ4v) is 4.27. The van der Waals surface area contributed by atoms with Crippen LogP contribution in [-0.4, -0.2) is 36.2 Å². The van der Waals surface area contributed by atoms with Crippen LogP contribution in [0.4, 0.5) is 4.79 Å². The molecule has 1 saturated heterocycles. The van der Waals surface area contributed by atoms with Gasteiger partial charge in [0.25, 0.3) is 0 Å². The minimum Gasteiger partial charge on any atom is -0.444 e. The number of rotatable bonds is 3. The number of hydrogen-bond donors (Lipinski definition) is 1. The van der Waals surface area contributed by atoms with Gasteiger partial charge in [0, 0.05) is 13.1 Å². The first kappa shape index (κ1) is 16.6. The summed E-state index contributed by atoms with van der Waals surface area (Å²) in [5.74, 6) is 1.26. The van der Waals surface area contributed by atoms with E-state index in [1.54, 1.807) is 0 Å². The molecule has 21 heavy (non-hydrogen) atoms. The van der Waals surface area contributed by atoms with Crippen LogP contribution in [0, 0.1) is 17.3 Å². The van der Waals surface area contributed by atoms with Gasteiger partial charge in [-0.15, -0.1) is 0 Å². The third kappa shape index (κ3) is 3.71. The Balaban J connectivity index is 1.94. The Bertz CT molecular complexity index is 371. The molecule has 1 aliphatic heterocycles. The van der Waals surface area contributed by atoms with Gasteiger partial charge in [-0.25, -0.2) is 4.79 Å². The molecule has 1 amide bonds. The number of piperidine rings is 1. The van der Waals surface area contributed by atoms with Crippen molar-refractivity contribution in [3.05, 3.63) is 0 Å². The molecule has 1 aliphatic carbocycles. The molecule has 2 aliphatic rings. The van der Waals surface area contributed by atoms with Crippen LogP contribution < -0.4 is 5.73 Å². The second kappa shape index (κ2) is 6.15. The van der Waals surface area contributed by atoms with Crippen LogP contribution in [0.3, 0.4) is 0 Å². The van der Waals surface area contributed by atoms with Gasteiger partial charge in [-0.1, -0.05) is 13.3 Å². The minimum atomic E-state index is -0.411. The highest BCUT2D eigenvalue weighted by Crippen LogP contribution is 2.54. The highest BCUT2D eigenvalue weighted by molar-refractivity contribution is 5.68. The Morgan fingerprint density at radius 3 is 2.48 bits per heavy atom. The summed E-state index contributed by atoms with van der Waals surface area (Å²) in [7, 11) is 0. The SMILES string of the molecule is CC1CN(C(=O)OC(C)(C)C)CCC1C1(CCN)CCC1. The van der Waals surface area contributed by atoms with Crippen molar-refractivity contribution in [2.45, 2.75) is 65.4 Å². The average Bonchev–Trinajstić information content (AvgIpc) is 2.32. The molecule has 2 fully saturated rings. The summed E-state index contributed by atoms with van der Waals surface area (Å²) in [6.45, 7) is 10.5. The first-order chi connectivity index (χ1) is 9.77. The highest BCUT2D eigenvalue weighted by atomic mass is 16.6. The van der Waals surface area contributed by atoms with Crippen molar-refractivity contribution in [1.29, 1.82) is 0 Å². The van der Waals surface area contributed by atoms with Crippen molar-refractivity contribution < 1.29 is 9.53 Å². The first-order valence-electron chi connectivity index (χ1n) is 8.45. The zero-order chi connectivity index (χ0) is 15.7. The van der Waals surface area contributed by atoms with Gasteiger partial charge in [0.2, 0.25) is 0 Å². The van der Waals surface area contributed by atoms with E-state index >= 15 is 0 Å². The van der Waals surface area contributed by atoms with Gasteiger partial charge in [0.1, 0.15) is 5.60 Å². The average molecular weight is 296 g/mol. The van der Waals surface area contributed by atoms with Gasteiger partial charge in [-0.3, -0.25) is 0 Å². The maximum absolute atomic E-state index is 12.2. The van der Waals surface area contributed by atoms with E-state index in [0.29, 0.717) is 17.3 Å². The topological polar surface area (TPSA) is 55.6 Å². The molecule has 2 atom stereocenters. The third-order valence-corrected chi connectivity index (χ3v) is 5.34. The van der Waals surface area contributed by atoms with Crippen LogP contribution in [0.1, 0.15) is 59.8 Å². The Hall–Kier alpha value is -0.770. The zero-order valence-electron chi connectivity index (χ0n) is 14.2. The van der Waals surface area contributed by atoms with Crippen LogP contribution in [0.2, 0.25) is 0 Å². The second-order valence-electron chi connectivity index (χ2n) is 8.05. The number of ether oxygens (including phenoxy) is 1. The predicted octanol–water partition coefficient (Wildman–Crippen LogP) is 3.40. The minimum absolute atomic E-state index is 0.158. The fourth-order valence-electron chi connectivity index (χ4n) is 4.27. The van der Waals surface area contributed by atoms with Gasteiger partial charge < -0.3 is 15.4 Å². The zero-order valence-corrected chi connectivity index (χ0v) is 14.2. The molecule has 2 N–H and O–H groups in total. The van der Waals surface area contributed by atoms with Crippen LogP contribution in [0.25, 0.3) is 0 Å². The summed E-state index contributed by atoms with van der Waals surface area (Å²) in [6, 6.07) is 0. The van der Waals surface area contributed by atoms with Gasteiger partial charge in [-0.05, 0) is 70.3 Å². The first-order valence-corrected chi connectivity index (χ1v) is 8.45. The van der Waals surface area contributed by atoms with Crippen molar-refractivity contribution in [2.24, 2.45) is 23.0 Å². The molecule has 0 aromatic heterocycles. The van der Waals surface area contributed by atoms with Crippen molar-refractivity contribution in [1.82, 2.24) is 4.90 Å². The van der Waals surface area contributed by atoms with Crippen LogP contribution in [0.15, 0.2) is 0 Å². The smallest absolute Gasteiger partial charge is 0.410 e. The van der Waals surface area contributed by atoms with Crippen molar-refractivity contribution >= 4 is 6.09 Å². The maximum atomic E-state index is 12.2. The molecule has 2 rings (SSSR count). The van der Waals surface area contributed by atoms with Gasteiger partial charge in [0.15, 0.2) is 0 Å². The number of nitrogens with zero attached hydrogens (tertiary/aromatic N) is 1. The molecule has 0 spiro atoms. The summed E-state index contributed by atoms with van der Waals surface area (Å²) in [4.78, 5) is 14.1. The van der Waals surface area contributed by atoms with Crippen molar-refractivity contribution in [3.8, 4) is 0 Å². The second-order valence-corrected chi connectivity index (χ2v) is 8.05. The van der Waals surface area contributed by atoms with Crippen LogP contribution in [-0.2, 0) is 4.74 Å². The van der Waals surface area contributed by atoms with Crippen molar-refractivity contribution in [3.63, 3.8) is 0 Å². The Morgan fingerprint density at radius 2 is 2.05 bits per heavy atom. The summed E-state index contributed by atoms with van der Waals surface area (Å²) in [5.41, 5.74) is 5.89. The lowest BCUT2D eigenvalue weighted by atomic mass is 9.55. The van der Waals surface area contributed by atoms with E-state index in [0.717, 1.165) is 32.5 Å². The number of amides is 1. The molecule has 4 heteroatoms. The molecule has 0 aromatic carbocycles. The maximum Gasteiger partial charge on any atom is 0.410 e. The third-order valence-electron chi connectivity index (χ3n) is 5.34. The number of nitrogens with two attached hydrogens (primary N) is 1. The lowest BCUT2D eigenvalue weighted by Crippen LogP contribution is -2.51. The van der Waals surface area contributed by atoms with E-state index in [4.69, 9.17) is 10.5 Å². The number of likely N-dealkylation sites (tertiary alicyclic amines) is 1. The predicted molar refractivity (Wildman–Crippen MR) is 85.0 cm³/mol. The molecular formula is C17H32N2O2. The van der Waals surface area contributed by atoms with Gasteiger partial charge in [-0.2, -0.15) is 0 Å². The lowest BCUT2D eigenvalue weighted by Gasteiger charge is -2.53. The van der Waals surface area contributed by atoms with Crippen molar-refractivity contribution in [2.75, 3.05) is 19.6 Å². The molecule has 4 nitrogen and oxygen atoms in total. The number of carbonyl (C=O) groups is 1. The molecule has 1 saturated carbocycles. The normalized spacial score (nSPS) is 28.9. The molecule has 122 valence electrons. The lowest BCUT2D eigenvalue weighted by molar-refractivity contribution is -0.0392. The Kier molecular flexibility index (Phi) is 4.86. The van der Waals surface area contributed by atoms with E-state index in [9.17, 15) is 4.79 Å². The molecule has 0 bridgehead atoms. The molecule has 2 unspecified atom stereocenters. The fraction of sp³-hybridized carbons (Fsp3) is 0.941. The monoisotopic (exact) mass is 296 g/mol. The van der Waals surface area contributed by atoms with E-state index in [1.807, 2.05) is 25.7 Å². The number of hydrogen-bond acceptors (Lipinski definition) is 3. The largest absolute Gasteiger partial charge is 0.444 e. The molecule has 1 heterocycles. The summed E-state index contributed by atoms with van der Waals surface area (Å²) < 4.78 is 5.50. The van der Waals surface area contributed by atoms with E-state index in [2.05, 4.69) is 6.92 Å². The summed E-state index contributed by atoms with van der Waals surface area (Å²) in [5, 5.41) is 0. The van der Waals surface area contributed by atoms with Gasteiger partial charge >= 0.3 is 6.09 Å². The standard InChI is InChI=1S/C17H32N2O2/c1-13-12-19(15(20)21-16(2,3)4)11-6-14(13)17(9-10-18)7-5-8-17/h13-14H,5-12,18H2,1-4H3. The quantitative estimate of drug-likeness (QED) is 0.868. The number of carbonyl (C=O) groups excluding carboxylic acids is 1. The summed E-state index contributed by atoms with van der Waals surface area (Å²) in [6.07, 6.45) is 6.08. The highest BCUT2D eigenvalue weighted by Gasteiger charge is 2.47. The van der Waals surface area contributed by atoms with E-state index in [-0.39, 0.29) is 6.09 Å². The van der Waals surface area contributed by atoms with Crippen LogP contribution >= 0.6 is 0 Å². The molecule has 0 aromatic rings. The molecular weight excluding hydrogens is 264 g/mol. The Labute approximate surface area is 129 Å².